The van der Waals surface area contributed by atoms with Gasteiger partial charge in [0, 0.05) is 0 Å². The molecule has 0 amide bonds. The SMILES string of the molecule is CCOc1cc(/C=N\Nc2ccc(C(=O)O)cc2)ccc1O. The lowest BCUT2D eigenvalue weighted by Crippen LogP contribution is -1.97. The molecule has 0 fully saturated rings. The second kappa shape index (κ2) is 7.12. The molecule has 22 heavy (non-hydrogen) atoms. The number of benzene rings is 2. The molecule has 2 aromatic carbocycles. The maximum Gasteiger partial charge on any atom is 0.335 e. The third kappa shape index (κ3) is 3.99. The number of carbonyl (C=O) groups is 1. The number of rotatable bonds is 6. The Hall–Kier alpha value is -3.02. The Morgan fingerprint density at radius 2 is 2.00 bits per heavy atom. The van der Waals surface area contributed by atoms with Gasteiger partial charge in [-0.3, -0.25) is 5.43 Å². The number of phenolic OH excluding ortho intramolecular Hbond substituents is 1. The van der Waals surface area contributed by atoms with Crippen molar-refractivity contribution in [2.24, 2.45) is 5.10 Å². The summed E-state index contributed by atoms with van der Waals surface area (Å²) in [6.45, 7) is 2.30. The minimum Gasteiger partial charge on any atom is -0.504 e. The first-order valence-electron chi connectivity index (χ1n) is 6.68. The largest absolute Gasteiger partial charge is 0.504 e. The van der Waals surface area contributed by atoms with Crippen molar-refractivity contribution in [3.05, 3.63) is 53.6 Å². The highest BCUT2D eigenvalue weighted by Crippen LogP contribution is 2.26. The highest BCUT2D eigenvalue weighted by Gasteiger charge is 2.02. The van der Waals surface area contributed by atoms with Crippen LogP contribution in [0.4, 0.5) is 5.69 Å². The lowest BCUT2D eigenvalue weighted by Gasteiger charge is -2.06. The van der Waals surface area contributed by atoms with Crippen molar-refractivity contribution in [1.82, 2.24) is 0 Å². The maximum atomic E-state index is 10.7. The summed E-state index contributed by atoms with van der Waals surface area (Å²) in [5.41, 5.74) is 4.45. The first kappa shape index (κ1) is 15.4. The minimum atomic E-state index is -0.970. The normalized spacial score (nSPS) is 10.6. The molecule has 0 saturated heterocycles. The van der Waals surface area contributed by atoms with Crippen LogP contribution in [-0.4, -0.2) is 29.0 Å². The first-order valence-corrected chi connectivity index (χ1v) is 6.68. The summed E-state index contributed by atoms with van der Waals surface area (Å²) in [5, 5.41) is 22.5. The van der Waals surface area contributed by atoms with Gasteiger partial charge in [0.15, 0.2) is 11.5 Å². The number of aromatic hydroxyl groups is 1. The molecule has 2 rings (SSSR count). The molecule has 0 aliphatic carbocycles. The van der Waals surface area contributed by atoms with E-state index in [1.807, 2.05) is 6.92 Å². The molecule has 2 aromatic rings. The van der Waals surface area contributed by atoms with Crippen molar-refractivity contribution < 1.29 is 19.7 Å². The number of anilines is 1. The molecule has 0 unspecified atom stereocenters. The Bertz CT molecular complexity index is 681. The Labute approximate surface area is 127 Å². The van der Waals surface area contributed by atoms with E-state index in [-0.39, 0.29) is 11.3 Å². The van der Waals surface area contributed by atoms with Crippen LogP contribution in [0.15, 0.2) is 47.6 Å². The third-order valence-corrected chi connectivity index (χ3v) is 2.82. The second-order valence-corrected chi connectivity index (χ2v) is 4.41. The molecule has 0 aliphatic heterocycles. The first-order chi connectivity index (χ1) is 10.6. The van der Waals surface area contributed by atoms with Crippen LogP contribution in [0.3, 0.4) is 0 Å². The standard InChI is InChI=1S/C16H16N2O4/c1-2-22-15-9-11(3-8-14(15)19)10-17-18-13-6-4-12(5-7-13)16(20)21/h3-10,18-19H,2H2,1H3,(H,20,21)/b17-10-. The Morgan fingerprint density at radius 3 is 2.64 bits per heavy atom. The van der Waals surface area contributed by atoms with E-state index in [1.165, 1.54) is 18.2 Å². The third-order valence-electron chi connectivity index (χ3n) is 2.82. The van der Waals surface area contributed by atoms with Gasteiger partial charge >= 0.3 is 5.97 Å². The summed E-state index contributed by atoms with van der Waals surface area (Å²) < 4.78 is 5.29. The van der Waals surface area contributed by atoms with Crippen LogP contribution in [0.25, 0.3) is 0 Å². The van der Waals surface area contributed by atoms with E-state index in [1.54, 1.807) is 30.5 Å². The van der Waals surface area contributed by atoms with E-state index in [9.17, 15) is 9.90 Å². The van der Waals surface area contributed by atoms with Gasteiger partial charge in [-0.2, -0.15) is 5.10 Å². The summed E-state index contributed by atoms with van der Waals surface area (Å²) in [6.07, 6.45) is 1.58. The summed E-state index contributed by atoms with van der Waals surface area (Å²) >= 11 is 0. The molecule has 0 aromatic heterocycles. The number of nitrogens with one attached hydrogen (secondary N) is 1. The second-order valence-electron chi connectivity index (χ2n) is 4.41. The molecule has 0 heterocycles. The maximum absolute atomic E-state index is 10.7. The molecule has 6 nitrogen and oxygen atoms in total. The number of ether oxygens (including phenoxy) is 1. The van der Waals surface area contributed by atoms with Crippen molar-refractivity contribution in [2.75, 3.05) is 12.0 Å². The monoisotopic (exact) mass is 300 g/mol. The molecule has 114 valence electrons. The fourth-order valence-electron chi connectivity index (χ4n) is 1.75. The number of phenols is 1. The Balaban J connectivity index is 2.03. The van der Waals surface area contributed by atoms with E-state index in [4.69, 9.17) is 9.84 Å². The van der Waals surface area contributed by atoms with Crippen LogP contribution in [0.2, 0.25) is 0 Å². The Kier molecular flexibility index (Phi) is 4.98. The number of hydrazone groups is 1. The lowest BCUT2D eigenvalue weighted by molar-refractivity contribution is 0.0697. The number of nitrogens with zero attached hydrogens (tertiary/aromatic N) is 1. The van der Waals surface area contributed by atoms with Gasteiger partial charge in [0.2, 0.25) is 0 Å². The molecule has 0 saturated carbocycles. The summed E-state index contributed by atoms with van der Waals surface area (Å²) in [5.74, 6) is -0.490. The Morgan fingerprint density at radius 1 is 1.27 bits per heavy atom. The summed E-state index contributed by atoms with van der Waals surface area (Å²) in [6, 6.07) is 11.2. The fraction of sp³-hybridized carbons (Fsp3) is 0.125. The van der Waals surface area contributed by atoms with Gasteiger partial charge in [-0.05, 0) is 55.0 Å². The highest BCUT2D eigenvalue weighted by atomic mass is 16.5. The number of carboxylic acids is 1. The molecule has 0 spiro atoms. The van der Waals surface area contributed by atoms with Crippen LogP contribution in [0, 0.1) is 0 Å². The van der Waals surface area contributed by atoms with Gasteiger partial charge in [0.05, 0.1) is 24.1 Å². The molecule has 0 bridgehead atoms. The van der Waals surface area contributed by atoms with Gasteiger partial charge in [0.25, 0.3) is 0 Å². The molecule has 0 atom stereocenters. The highest BCUT2D eigenvalue weighted by molar-refractivity contribution is 5.88. The van der Waals surface area contributed by atoms with Gasteiger partial charge in [-0.15, -0.1) is 0 Å². The van der Waals surface area contributed by atoms with E-state index >= 15 is 0 Å². The van der Waals surface area contributed by atoms with Gasteiger partial charge < -0.3 is 14.9 Å². The zero-order chi connectivity index (χ0) is 15.9. The predicted molar refractivity (Wildman–Crippen MR) is 83.9 cm³/mol. The molecule has 6 heteroatoms. The summed E-state index contributed by atoms with van der Waals surface area (Å²) in [7, 11) is 0. The van der Waals surface area contributed by atoms with E-state index in [2.05, 4.69) is 10.5 Å². The van der Waals surface area contributed by atoms with Gasteiger partial charge in [0.1, 0.15) is 0 Å². The fourth-order valence-corrected chi connectivity index (χ4v) is 1.75. The lowest BCUT2D eigenvalue weighted by atomic mass is 10.2. The van der Waals surface area contributed by atoms with E-state index in [0.29, 0.717) is 18.0 Å². The van der Waals surface area contributed by atoms with Crippen LogP contribution in [-0.2, 0) is 0 Å². The van der Waals surface area contributed by atoms with Crippen molar-refractivity contribution in [1.29, 1.82) is 0 Å². The van der Waals surface area contributed by atoms with Crippen molar-refractivity contribution in [2.45, 2.75) is 6.92 Å². The minimum absolute atomic E-state index is 0.0798. The van der Waals surface area contributed by atoms with Crippen molar-refractivity contribution >= 4 is 17.9 Å². The van der Waals surface area contributed by atoms with Crippen LogP contribution >= 0.6 is 0 Å². The van der Waals surface area contributed by atoms with Crippen LogP contribution in [0.5, 0.6) is 11.5 Å². The van der Waals surface area contributed by atoms with Gasteiger partial charge in [-0.25, -0.2) is 4.79 Å². The quantitative estimate of drug-likeness (QED) is 0.563. The van der Waals surface area contributed by atoms with Crippen LogP contribution < -0.4 is 10.2 Å². The zero-order valence-corrected chi connectivity index (χ0v) is 12.0. The average molecular weight is 300 g/mol. The molecule has 3 N–H and O–H groups in total. The number of hydrogen-bond acceptors (Lipinski definition) is 5. The smallest absolute Gasteiger partial charge is 0.335 e. The predicted octanol–water partition coefficient (Wildman–Crippen LogP) is 2.94. The topological polar surface area (TPSA) is 91.2 Å². The summed E-state index contributed by atoms with van der Waals surface area (Å²) in [4.78, 5) is 10.7. The van der Waals surface area contributed by atoms with Crippen LogP contribution in [0.1, 0.15) is 22.8 Å². The van der Waals surface area contributed by atoms with Crippen molar-refractivity contribution in [3.8, 4) is 11.5 Å². The van der Waals surface area contributed by atoms with E-state index in [0.717, 1.165) is 5.56 Å². The molecular formula is C16H16N2O4. The average Bonchev–Trinajstić information content (AvgIpc) is 2.51. The number of hydrogen-bond donors (Lipinski definition) is 3. The van der Waals surface area contributed by atoms with E-state index < -0.39 is 5.97 Å². The van der Waals surface area contributed by atoms with Gasteiger partial charge in [-0.1, -0.05) is 0 Å². The molecule has 0 radical (unpaired) electrons. The molecule has 0 aliphatic rings. The van der Waals surface area contributed by atoms with Crippen molar-refractivity contribution in [3.63, 3.8) is 0 Å². The molecular weight excluding hydrogens is 284 g/mol. The number of carboxylic acid groups (broad SMARTS) is 1. The zero-order valence-electron chi connectivity index (χ0n) is 12.0. The number of aromatic carboxylic acids is 1.